The molecular formula is C16H17N3O. The van der Waals surface area contributed by atoms with Crippen LogP contribution in [0.2, 0.25) is 0 Å². The Hall–Kier alpha value is -2.33. The van der Waals surface area contributed by atoms with E-state index in [0.29, 0.717) is 5.82 Å². The molecule has 0 amide bonds. The number of furan rings is 1. The number of nitrogen functional groups attached to an aromatic ring is 1. The molecule has 0 aliphatic rings. The lowest BCUT2D eigenvalue weighted by Gasteiger charge is -2.17. The molecule has 0 saturated carbocycles. The molecule has 0 bridgehead atoms. The molecule has 3 rings (SSSR count). The molecule has 2 heterocycles. The van der Waals surface area contributed by atoms with E-state index in [2.05, 4.69) is 10.3 Å². The second-order valence-electron chi connectivity index (χ2n) is 4.84. The average Bonchev–Trinajstić information content (AvgIpc) is 2.86. The normalized spacial score (nSPS) is 12.7. The van der Waals surface area contributed by atoms with E-state index in [-0.39, 0.29) is 6.04 Å². The van der Waals surface area contributed by atoms with Gasteiger partial charge >= 0.3 is 0 Å². The predicted molar refractivity (Wildman–Crippen MR) is 80.5 cm³/mol. The molecule has 1 atom stereocenters. The van der Waals surface area contributed by atoms with Crippen LogP contribution in [0.15, 0.2) is 47.0 Å². The quantitative estimate of drug-likeness (QED) is 0.765. The summed E-state index contributed by atoms with van der Waals surface area (Å²) in [6.07, 6.45) is 1.72. The molecule has 1 unspecified atom stereocenters. The molecule has 0 saturated heterocycles. The van der Waals surface area contributed by atoms with E-state index in [1.54, 1.807) is 6.20 Å². The summed E-state index contributed by atoms with van der Waals surface area (Å²) in [5, 5.41) is 4.35. The third-order valence-electron chi connectivity index (χ3n) is 3.55. The molecule has 0 fully saturated rings. The predicted octanol–water partition coefficient (Wildman–Crippen LogP) is 3.03. The molecule has 3 aromatic rings. The van der Waals surface area contributed by atoms with Crippen LogP contribution in [-0.2, 0) is 0 Å². The van der Waals surface area contributed by atoms with Crippen LogP contribution < -0.4 is 11.1 Å². The monoisotopic (exact) mass is 267 g/mol. The van der Waals surface area contributed by atoms with Crippen molar-refractivity contribution in [1.29, 1.82) is 0 Å². The van der Waals surface area contributed by atoms with Crippen LogP contribution in [0.5, 0.6) is 0 Å². The second kappa shape index (κ2) is 4.98. The highest BCUT2D eigenvalue weighted by Crippen LogP contribution is 2.31. The van der Waals surface area contributed by atoms with Crippen molar-refractivity contribution >= 4 is 16.8 Å². The number of nitrogens with one attached hydrogen (secondary N) is 1. The number of pyridine rings is 1. The van der Waals surface area contributed by atoms with Crippen LogP contribution in [0.25, 0.3) is 11.0 Å². The molecule has 2 aromatic heterocycles. The van der Waals surface area contributed by atoms with Gasteiger partial charge in [0.05, 0.1) is 6.04 Å². The first kappa shape index (κ1) is 12.7. The molecule has 20 heavy (non-hydrogen) atoms. The lowest BCUT2D eigenvalue weighted by atomic mass is 10.0. The van der Waals surface area contributed by atoms with Crippen molar-refractivity contribution in [3.8, 4) is 0 Å². The molecule has 1 aromatic carbocycles. The number of para-hydroxylation sites is 1. The topological polar surface area (TPSA) is 64.1 Å². The third-order valence-corrected chi connectivity index (χ3v) is 3.55. The maximum atomic E-state index is 6.04. The molecule has 4 nitrogen and oxygen atoms in total. The standard InChI is InChI=1S/C16H17N3O/c1-10-7-8-19-16(17)14(10)15(18-2)13-9-11-5-3-4-6-12(11)20-13/h3-9,15,18H,1-2H3,(H2,17,19). The largest absolute Gasteiger partial charge is 0.459 e. The Bertz CT molecular complexity index is 695. The van der Waals surface area contributed by atoms with E-state index in [9.17, 15) is 0 Å². The van der Waals surface area contributed by atoms with E-state index < -0.39 is 0 Å². The lowest BCUT2D eigenvalue weighted by molar-refractivity contribution is 0.490. The Kier molecular flexibility index (Phi) is 3.16. The van der Waals surface area contributed by atoms with Crippen molar-refractivity contribution in [3.63, 3.8) is 0 Å². The first-order chi connectivity index (χ1) is 9.70. The Morgan fingerprint density at radius 3 is 2.75 bits per heavy atom. The number of nitrogens with zero attached hydrogens (tertiary/aromatic N) is 1. The summed E-state index contributed by atoms with van der Waals surface area (Å²) < 4.78 is 5.94. The third kappa shape index (κ3) is 2.04. The van der Waals surface area contributed by atoms with E-state index in [0.717, 1.165) is 27.9 Å². The van der Waals surface area contributed by atoms with Crippen LogP contribution in [-0.4, -0.2) is 12.0 Å². The van der Waals surface area contributed by atoms with Crippen molar-refractivity contribution in [2.75, 3.05) is 12.8 Å². The Morgan fingerprint density at radius 2 is 2.05 bits per heavy atom. The van der Waals surface area contributed by atoms with Crippen LogP contribution in [0.1, 0.15) is 22.9 Å². The summed E-state index contributed by atoms with van der Waals surface area (Å²) in [6, 6.07) is 11.9. The van der Waals surface area contributed by atoms with Crippen molar-refractivity contribution in [2.24, 2.45) is 0 Å². The summed E-state index contributed by atoms with van der Waals surface area (Å²) in [5.41, 5.74) is 8.98. The zero-order valence-electron chi connectivity index (χ0n) is 11.6. The van der Waals surface area contributed by atoms with E-state index in [4.69, 9.17) is 10.2 Å². The van der Waals surface area contributed by atoms with Crippen molar-refractivity contribution in [1.82, 2.24) is 10.3 Å². The highest BCUT2D eigenvalue weighted by atomic mass is 16.3. The van der Waals surface area contributed by atoms with Gasteiger partial charge in [-0.15, -0.1) is 0 Å². The van der Waals surface area contributed by atoms with E-state index in [1.165, 1.54) is 0 Å². The number of nitrogens with two attached hydrogens (primary N) is 1. The van der Waals surface area contributed by atoms with Gasteiger partial charge in [0.25, 0.3) is 0 Å². The van der Waals surface area contributed by atoms with Gasteiger partial charge in [-0.3, -0.25) is 0 Å². The lowest BCUT2D eigenvalue weighted by Crippen LogP contribution is -2.20. The minimum absolute atomic E-state index is 0.101. The van der Waals surface area contributed by atoms with E-state index >= 15 is 0 Å². The second-order valence-corrected chi connectivity index (χ2v) is 4.84. The van der Waals surface area contributed by atoms with Gasteiger partial charge in [0.2, 0.25) is 0 Å². The Labute approximate surface area is 117 Å². The van der Waals surface area contributed by atoms with Crippen LogP contribution >= 0.6 is 0 Å². The van der Waals surface area contributed by atoms with Crippen molar-refractivity contribution in [2.45, 2.75) is 13.0 Å². The summed E-state index contributed by atoms with van der Waals surface area (Å²) in [5.74, 6) is 1.38. The fourth-order valence-electron chi connectivity index (χ4n) is 2.54. The van der Waals surface area contributed by atoms with Gasteiger partial charge in [-0.25, -0.2) is 4.98 Å². The van der Waals surface area contributed by atoms with Crippen LogP contribution in [0.3, 0.4) is 0 Å². The molecule has 4 heteroatoms. The number of anilines is 1. The maximum Gasteiger partial charge on any atom is 0.134 e. The van der Waals surface area contributed by atoms with Crippen LogP contribution in [0, 0.1) is 6.92 Å². The molecular weight excluding hydrogens is 250 g/mol. The molecule has 0 aliphatic carbocycles. The number of rotatable bonds is 3. The van der Waals surface area contributed by atoms with Gasteiger partial charge in [0.1, 0.15) is 17.2 Å². The summed E-state index contributed by atoms with van der Waals surface area (Å²) in [6.45, 7) is 2.03. The molecule has 0 radical (unpaired) electrons. The number of benzene rings is 1. The van der Waals surface area contributed by atoms with Gasteiger partial charge in [-0.05, 0) is 37.7 Å². The minimum atomic E-state index is -0.101. The molecule has 102 valence electrons. The fraction of sp³-hybridized carbons (Fsp3) is 0.188. The van der Waals surface area contributed by atoms with Gasteiger partial charge in [-0.1, -0.05) is 18.2 Å². The number of aromatic nitrogens is 1. The zero-order chi connectivity index (χ0) is 14.1. The average molecular weight is 267 g/mol. The van der Waals surface area contributed by atoms with E-state index in [1.807, 2.05) is 50.4 Å². The molecule has 3 N–H and O–H groups in total. The zero-order valence-corrected chi connectivity index (χ0v) is 11.6. The number of hydrogen-bond donors (Lipinski definition) is 2. The highest BCUT2D eigenvalue weighted by molar-refractivity contribution is 5.78. The highest BCUT2D eigenvalue weighted by Gasteiger charge is 2.21. The Morgan fingerprint density at radius 1 is 1.25 bits per heavy atom. The number of aryl methyl sites for hydroxylation is 1. The van der Waals surface area contributed by atoms with Gasteiger partial charge in [0.15, 0.2) is 0 Å². The fourth-order valence-corrected chi connectivity index (χ4v) is 2.54. The van der Waals surface area contributed by atoms with Gasteiger partial charge in [-0.2, -0.15) is 0 Å². The molecule has 0 spiro atoms. The van der Waals surface area contributed by atoms with Gasteiger partial charge in [0, 0.05) is 17.1 Å². The molecule has 0 aliphatic heterocycles. The van der Waals surface area contributed by atoms with Crippen molar-refractivity contribution < 1.29 is 4.42 Å². The van der Waals surface area contributed by atoms with Crippen LogP contribution in [0.4, 0.5) is 5.82 Å². The maximum absolute atomic E-state index is 6.04. The first-order valence-electron chi connectivity index (χ1n) is 6.57. The Balaban J connectivity index is 2.14. The number of fused-ring (bicyclic) bond motifs is 1. The SMILES string of the molecule is CNC(c1cc2ccccc2o1)c1c(C)ccnc1N. The van der Waals surface area contributed by atoms with Crippen molar-refractivity contribution in [3.05, 3.63) is 59.5 Å². The minimum Gasteiger partial charge on any atom is -0.459 e. The summed E-state index contributed by atoms with van der Waals surface area (Å²) >= 11 is 0. The number of hydrogen-bond acceptors (Lipinski definition) is 4. The summed E-state index contributed by atoms with van der Waals surface area (Å²) in [7, 11) is 1.89. The first-order valence-corrected chi connectivity index (χ1v) is 6.57. The smallest absolute Gasteiger partial charge is 0.134 e. The van der Waals surface area contributed by atoms with Gasteiger partial charge < -0.3 is 15.5 Å². The summed E-state index contributed by atoms with van der Waals surface area (Å²) in [4.78, 5) is 4.18.